The molecule has 0 atom stereocenters. The highest BCUT2D eigenvalue weighted by Crippen LogP contribution is 2.18. The lowest BCUT2D eigenvalue weighted by molar-refractivity contribution is 0.0678. The molecule has 1 aliphatic heterocycles. The van der Waals surface area contributed by atoms with Crippen LogP contribution in [0.3, 0.4) is 0 Å². The maximum absolute atomic E-state index is 12.2. The van der Waals surface area contributed by atoms with Crippen LogP contribution in [0.2, 0.25) is 0 Å². The lowest BCUT2D eigenvalue weighted by Crippen LogP contribution is -2.33. The zero-order chi connectivity index (χ0) is 13.7. The molecule has 7 nitrogen and oxygen atoms in total. The molecule has 0 bridgehead atoms. The van der Waals surface area contributed by atoms with Crippen molar-refractivity contribution in [2.75, 3.05) is 25.2 Å². The molecular weight excluding hydrogens is 268 g/mol. The van der Waals surface area contributed by atoms with Gasteiger partial charge >= 0.3 is 0 Å². The largest absolute Gasteiger partial charge is 0.381 e. The van der Waals surface area contributed by atoms with Crippen molar-refractivity contribution in [1.82, 2.24) is 9.71 Å². The van der Waals surface area contributed by atoms with Crippen LogP contribution in [0.25, 0.3) is 0 Å². The number of aromatic nitrogens is 1. The van der Waals surface area contributed by atoms with Gasteiger partial charge in [-0.1, -0.05) is 0 Å². The number of nitrogens with two attached hydrogens (primary N) is 1. The number of nitrogens with zero attached hydrogens (tertiary/aromatic N) is 1. The van der Waals surface area contributed by atoms with E-state index in [0.29, 0.717) is 25.7 Å². The van der Waals surface area contributed by atoms with E-state index in [9.17, 15) is 8.42 Å². The predicted octanol–water partition coefficient (Wildman–Crippen LogP) is 0.0721. The third kappa shape index (κ3) is 3.63. The number of anilines is 1. The highest BCUT2D eigenvalue weighted by atomic mass is 32.2. The molecule has 0 spiro atoms. The number of nitrogen functional groups attached to an aromatic ring is 1. The molecule has 1 saturated heterocycles. The van der Waals surface area contributed by atoms with Gasteiger partial charge < -0.3 is 10.2 Å². The quantitative estimate of drug-likeness (QED) is 0.522. The molecule has 19 heavy (non-hydrogen) atoms. The number of hydrogen-bond acceptors (Lipinski definition) is 6. The second kappa shape index (κ2) is 6.29. The van der Waals surface area contributed by atoms with E-state index in [1.807, 2.05) is 0 Å². The van der Waals surface area contributed by atoms with E-state index in [1.165, 1.54) is 6.20 Å². The Labute approximate surface area is 112 Å². The normalized spacial score (nSPS) is 17.3. The average Bonchev–Trinajstić information content (AvgIpc) is 2.46. The topological polar surface area (TPSA) is 106 Å². The molecule has 1 aliphatic rings. The van der Waals surface area contributed by atoms with Crippen LogP contribution >= 0.6 is 0 Å². The molecule has 8 heteroatoms. The molecular formula is C11H18N4O3S. The van der Waals surface area contributed by atoms with Gasteiger partial charge in [0.05, 0.1) is 5.69 Å². The summed E-state index contributed by atoms with van der Waals surface area (Å²) in [6.45, 7) is 1.77. The first-order chi connectivity index (χ1) is 9.13. The second-order valence-corrected chi connectivity index (χ2v) is 6.09. The van der Waals surface area contributed by atoms with Crippen molar-refractivity contribution in [3.8, 4) is 0 Å². The van der Waals surface area contributed by atoms with Crippen molar-refractivity contribution in [3.63, 3.8) is 0 Å². The molecule has 0 amide bonds. The summed E-state index contributed by atoms with van der Waals surface area (Å²) in [5.74, 6) is 5.59. The smallest absolute Gasteiger partial charge is 0.260 e. The van der Waals surface area contributed by atoms with Gasteiger partial charge in [-0.2, -0.15) is 0 Å². The van der Waals surface area contributed by atoms with E-state index in [2.05, 4.69) is 15.1 Å². The van der Waals surface area contributed by atoms with Gasteiger partial charge in [0.2, 0.25) is 0 Å². The molecule has 2 rings (SSSR count). The summed E-state index contributed by atoms with van der Waals surface area (Å²) in [6, 6.07) is 3.18. The molecule has 2 heterocycles. The number of ether oxygens (including phenoxy) is 1. The molecule has 0 aliphatic carbocycles. The molecule has 0 saturated carbocycles. The summed E-state index contributed by atoms with van der Waals surface area (Å²) in [4.78, 5) is 3.87. The number of hydrazine groups is 1. The molecule has 1 fully saturated rings. The summed E-state index contributed by atoms with van der Waals surface area (Å²) in [6.07, 6.45) is 3.16. The van der Waals surface area contributed by atoms with Crippen LogP contribution < -0.4 is 16.0 Å². The molecule has 1 aromatic heterocycles. The van der Waals surface area contributed by atoms with Crippen LogP contribution in [-0.2, 0) is 14.8 Å². The molecule has 1 aromatic rings. The van der Waals surface area contributed by atoms with Gasteiger partial charge in [-0.25, -0.2) is 18.1 Å². The number of pyridine rings is 1. The van der Waals surface area contributed by atoms with Gasteiger partial charge in [-0.05, 0) is 30.9 Å². The van der Waals surface area contributed by atoms with E-state index in [-0.39, 0.29) is 10.7 Å². The Morgan fingerprint density at radius 2 is 2.16 bits per heavy atom. The summed E-state index contributed by atoms with van der Waals surface area (Å²) >= 11 is 0. The lowest BCUT2D eigenvalue weighted by Gasteiger charge is -2.22. The first kappa shape index (κ1) is 14.2. The third-order valence-corrected chi connectivity index (χ3v) is 4.47. The maximum Gasteiger partial charge on any atom is 0.260 e. The minimum absolute atomic E-state index is 0.0791. The second-order valence-electron chi connectivity index (χ2n) is 4.41. The Morgan fingerprint density at radius 1 is 1.42 bits per heavy atom. The fourth-order valence-corrected chi connectivity index (χ4v) is 3.17. The van der Waals surface area contributed by atoms with Crippen molar-refractivity contribution in [2.45, 2.75) is 17.9 Å². The van der Waals surface area contributed by atoms with Crippen molar-refractivity contribution in [1.29, 1.82) is 0 Å². The average molecular weight is 286 g/mol. The first-order valence-corrected chi connectivity index (χ1v) is 7.61. The predicted molar refractivity (Wildman–Crippen MR) is 70.8 cm³/mol. The van der Waals surface area contributed by atoms with E-state index >= 15 is 0 Å². The molecule has 4 N–H and O–H groups in total. The van der Waals surface area contributed by atoms with Gasteiger partial charge in [0.15, 0.2) is 5.03 Å². The van der Waals surface area contributed by atoms with Crippen molar-refractivity contribution >= 4 is 15.7 Å². The van der Waals surface area contributed by atoms with E-state index in [1.54, 1.807) is 12.1 Å². The van der Waals surface area contributed by atoms with Crippen molar-refractivity contribution in [2.24, 2.45) is 11.8 Å². The van der Waals surface area contributed by atoms with Crippen LogP contribution in [-0.4, -0.2) is 33.2 Å². The summed E-state index contributed by atoms with van der Waals surface area (Å²) in [5.41, 5.74) is 2.62. The van der Waals surface area contributed by atoms with Crippen LogP contribution in [0.1, 0.15) is 12.8 Å². The Kier molecular flexibility index (Phi) is 4.70. The number of nitrogens with one attached hydrogen (secondary N) is 2. The first-order valence-electron chi connectivity index (χ1n) is 6.12. The fourth-order valence-electron chi connectivity index (χ4n) is 1.96. The highest BCUT2D eigenvalue weighted by molar-refractivity contribution is 7.89. The monoisotopic (exact) mass is 286 g/mol. The SMILES string of the molecule is NNc1cccnc1S(=O)(=O)NCC1CCOCC1. The van der Waals surface area contributed by atoms with Gasteiger partial charge in [0, 0.05) is 26.0 Å². The Bertz CT molecular complexity index is 514. The summed E-state index contributed by atoms with van der Waals surface area (Å²) in [7, 11) is -3.65. The van der Waals surface area contributed by atoms with E-state index in [0.717, 1.165) is 12.8 Å². The van der Waals surface area contributed by atoms with E-state index in [4.69, 9.17) is 10.6 Å². The number of rotatable bonds is 5. The van der Waals surface area contributed by atoms with Crippen molar-refractivity contribution < 1.29 is 13.2 Å². The molecule has 106 valence electrons. The van der Waals surface area contributed by atoms with Crippen LogP contribution in [0, 0.1) is 5.92 Å². The minimum atomic E-state index is -3.65. The molecule has 0 aromatic carbocycles. The van der Waals surface area contributed by atoms with E-state index < -0.39 is 10.0 Å². The zero-order valence-electron chi connectivity index (χ0n) is 10.5. The minimum Gasteiger partial charge on any atom is -0.381 e. The number of hydrogen-bond donors (Lipinski definition) is 3. The van der Waals surface area contributed by atoms with Gasteiger partial charge in [-0.15, -0.1) is 0 Å². The number of sulfonamides is 1. The fraction of sp³-hybridized carbons (Fsp3) is 0.545. The molecule has 0 radical (unpaired) electrons. The Morgan fingerprint density at radius 3 is 2.84 bits per heavy atom. The van der Waals surface area contributed by atoms with Crippen LogP contribution in [0.4, 0.5) is 5.69 Å². The summed E-state index contributed by atoms with van der Waals surface area (Å²) in [5, 5.41) is -0.0791. The molecule has 0 unspecified atom stereocenters. The van der Waals surface area contributed by atoms with Crippen LogP contribution in [0.5, 0.6) is 0 Å². The maximum atomic E-state index is 12.2. The highest BCUT2D eigenvalue weighted by Gasteiger charge is 2.22. The third-order valence-electron chi connectivity index (χ3n) is 3.08. The Balaban J connectivity index is 2.05. The van der Waals surface area contributed by atoms with Gasteiger partial charge in [0.1, 0.15) is 0 Å². The van der Waals surface area contributed by atoms with Gasteiger partial charge in [-0.3, -0.25) is 5.84 Å². The lowest BCUT2D eigenvalue weighted by atomic mass is 10.0. The van der Waals surface area contributed by atoms with Crippen molar-refractivity contribution in [3.05, 3.63) is 18.3 Å². The Hall–Kier alpha value is -1.22. The van der Waals surface area contributed by atoms with Gasteiger partial charge in [0.25, 0.3) is 10.0 Å². The zero-order valence-corrected chi connectivity index (χ0v) is 11.3. The van der Waals surface area contributed by atoms with Crippen LogP contribution in [0.15, 0.2) is 23.4 Å². The standard InChI is InChI=1S/C11H18N4O3S/c12-15-10-2-1-5-13-11(10)19(16,17)14-8-9-3-6-18-7-4-9/h1-2,5,9,14-15H,3-4,6-8,12H2. The summed E-state index contributed by atoms with van der Waals surface area (Å²) < 4.78 is 32.1.